The Balaban J connectivity index is 1.61. The van der Waals surface area contributed by atoms with E-state index in [9.17, 15) is 13.6 Å². The lowest BCUT2D eigenvalue weighted by Crippen LogP contribution is -2.35. The minimum Gasteiger partial charge on any atom is -0.337 e. The molecule has 5 heteroatoms. The Bertz CT molecular complexity index is 703. The predicted molar refractivity (Wildman–Crippen MR) is 88.6 cm³/mol. The number of halogens is 2. The topological polar surface area (TPSA) is 23.6 Å². The molecule has 0 atom stereocenters. The third-order valence-corrected chi connectivity index (χ3v) is 4.30. The summed E-state index contributed by atoms with van der Waals surface area (Å²) in [5.41, 5.74) is 1.18. The van der Waals surface area contributed by atoms with Crippen molar-refractivity contribution in [2.75, 3.05) is 26.2 Å². The highest BCUT2D eigenvalue weighted by molar-refractivity contribution is 5.94. The molecule has 1 saturated heterocycles. The predicted octanol–water partition coefficient (Wildman–Crippen LogP) is 3.31. The van der Waals surface area contributed by atoms with Crippen molar-refractivity contribution in [2.45, 2.75) is 13.0 Å². The number of hydrogen-bond donors (Lipinski definition) is 0. The zero-order chi connectivity index (χ0) is 16.9. The second-order valence-electron chi connectivity index (χ2n) is 6.03. The van der Waals surface area contributed by atoms with Crippen LogP contribution in [0.1, 0.15) is 22.3 Å². The van der Waals surface area contributed by atoms with Gasteiger partial charge in [0.25, 0.3) is 5.91 Å². The summed E-state index contributed by atoms with van der Waals surface area (Å²) in [5.74, 6) is -0.970. The molecule has 1 fully saturated rings. The van der Waals surface area contributed by atoms with Gasteiger partial charge in [-0.25, -0.2) is 8.78 Å². The Labute approximate surface area is 140 Å². The van der Waals surface area contributed by atoms with E-state index >= 15 is 0 Å². The van der Waals surface area contributed by atoms with Crippen LogP contribution in [0.5, 0.6) is 0 Å². The lowest BCUT2D eigenvalue weighted by molar-refractivity contribution is 0.0756. The molecule has 126 valence electrons. The standard InChI is InChI=1S/C19H20F2N2O/c20-16-8-6-15(7-9-16)14-22-10-3-11-23(13-12-22)19(24)17-4-1-2-5-18(17)21/h1-2,4-9H,3,10-14H2. The van der Waals surface area contributed by atoms with E-state index in [0.29, 0.717) is 13.1 Å². The number of amides is 1. The first-order valence-corrected chi connectivity index (χ1v) is 8.14. The summed E-state index contributed by atoms with van der Waals surface area (Å²) in [6, 6.07) is 12.6. The van der Waals surface area contributed by atoms with E-state index in [4.69, 9.17) is 0 Å². The van der Waals surface area contributed by atoms with Gasteiger partial charge in [-0.15, -0.1) is 0 Å². The van der Waals surface area contributed by atoms with Crippen LogP contribution in [0.4, 0.5) is 8.78 Å². The molecule has 1 aliphatic heterocycles. The smallest absolute Gasteiger partial charge is 0.256 e. The van der Waals surface area contributed by atoms with Gasteiger partial charge in [0, 0.05) is 32.7 Å². The van der Waals surface area contributed by atoms with E-state index in [-0.39, 0.29) is 17.3 Å². The molecule has 24 heavy (non-hydrogen) atoms. The maximum atomic E-state index is 13.8. The fourth-order valence-corrected chi connectivity index (χ4v) is 2.99. The highest BCUT2D eigenvalue weighted by atomic mass is 19.1. The molecular formula is C19H20F2N2O. The molecule has 0 bridgehead atoms. The first kappa shape index (κ1) is 16.6. The van der Waals surface area contributed by atoms with Gasteiger partial charge in [-0.05, 0) is 36.2 Å². The summed E-state index contributed by atoms with van der Waals surface area (Å²) in [5, 5.41) is 0. The molecule has 0 aromatic heterocycles. The third kappa shape index (κ3) is 3.97. The average Bonchev–Trinajstić information content (AvgIpc) is 2.82. The van der Waals surface area contributed by atoms with E-state index in [2.05, 4.69) is 4.90 Å². The van der Waals surface area contributed by atoms with Crippen molar-refractivity contribution in [3.05, 3.63) is 71.3 Å². The molecular weight excluding hydrogens is 310 g/mol. The van der Waals surface area contributed by atoms with E-state index < -0.39 is 5.82 Å². The van der Waals surface area contributed by atoms with Gasteiger partial charge >= 0.3 is 0 Å². The minimum absolute atomic E-state index is 0.129. The minimum atomic E-state index is -0.477. The van der Waals surface area contributed by atoms with Crippen LogP contribution in [0, 0.1) is 11.6 Å². The Morgan fingerprint density at radius 2 is 1.67 bits per heavy atom. The molecule has 0 unspecified atom stereocenters. The van der Waals surface area contributed by atoms with E-state index in [1.807, 2.05) is 0 Å². The molecule has 1 heterocycles. The fraction of sp³-hybridized carbons (Fsp3) is 0.316. The molecule has 0 N–H and O–H groups in total. The van der Waals surface area contributed by atoms with Crippen LogP contribution >= 0.6 is 0 Å². The first-order chi connectivity index (χ1) is 11.6. The lowest BCUT2D eigenvalue weighted by atomic mass is 10.2. The molecule has 0 spiro atoms. The van der Waals surface area contributed by atoms with Crippen LogP contribution in [0.15, 0.2) is 48.5 Å². The fourth-order valence-electron chi connectivity index (χ4n) is 2.99. The van der Waals surface area contributed by atoms with Crippen LogP contribution in [0.25, 0.3) is 0 Å². The maximum Gasteiger partial charge on any atom is 0.256 e. The van der Waals surface area contributed by atoms with E-state index in [1.165, 1.54) is 24.3 Å². The molecule has 3 rings (SSSR count). The van der Waals surface area contributed by atoms with Crippen LogP contribution in [-0.4, -0.2) is 41.9 Å². The molecule has 0 saturated carbocycles. The van der Waals surface area contributed by atoms with Crippen molar-refractivity contribution < 1.29 is 13.6 Å². The highest BCUT2D eigenvalue weighted by Crippen LogP contribution is 2.14. The monoisotopic (exact) mass is 330 g/mol. The van der Waals surface area contributed by atoms with E-state index in [0.717, 1.165) is 31.6 Å². The Morgan fingerprint density at radius 1 is 0.917 bits per heavy atom. The third-order valence-electron chi connectivity index (χ3n) is 4.30. The van der Waals surface area contributed by atoms with Gasteiger partial charge in [-0.3, -0.25) is 9.69 Å². The van der Waals surface area contributed by atoms with Crippen molar-refractivity contribution in [1.82, 2.24) is 9.80 Å². The van der Waals surface area contributed by atoms with Crippen LogP contribution in [0.3, 0.4) is 0 Å². The first-order valence-electron chi connectivity index (χ1n) is 8.14. The van der Waals surface area contributed by atoms with Crippen molar-refractivity contribution in [3.63, 3.8) is 0 Å². The average molecular weight is 330 g/mol. The van der Waals surface area contributed by atoms with Gasteiger partial charge in [0.05, 0.1) is 5.56 Å². The molecule has 2 aromatic carbocycles. The van der Waals surface area contributed by atoms with Crippen molar-refractivity contribution in [2.24, 2.45) is 0 Å². The number of hydrogen-bond acceptors (Lipinski definition) is 2. The summed E-state index contributed by atoms with van der Waals surface area (Å²) in [4.78, 5) is 16.5. The molecule has 1 amide bonds. The van der Waals surface area contributed by atoms with Gasteiger partial charge in [-0.1, -0.05) is 24.3 Å². The van der Waals surface area contributed by atoms with Gasteiger partial charge in [0.15, 0.2) is 0 Å². The molecule has 1 aliphatic rings. The summed E-state index contributed by atoms with van der Waals surface area (Å²) in [6.07, 6.45) is 0.835. The second kappa shape index (κ2) is 7.53. The highest BCUT2D eigenvalue weighted by Gasteiger charge is 2.22. The van der Waals surface area contributed by atoms with Crippen molar-refractivity contribution in [3.8, 4) is 0 Å². The number of rotatable bonds is 3. The second-order valence-corrected chi connectivity index (χ2v) is 6.03. The number of nitrogens with zero attached hydrogens (tertiary/aromatic N) is 2. The molecule has 2 aromatic rings. The molecule has 0 radical (unpaired) electrons. The number of benzene rings is 2. The van der Waals surface area contributed by atoms with Gasteiger partial charge in [0.1, 0.15) is 11.6 Å². The zero-order valence-corrected chi connectivity index (χ0v) is 13.4. The summed E-state index contributed by atoms with van der Waals surface area (Å²) < 4.78 is 26.8. The van der Waals surface area contributed by atoms with Crippen LogP contribution in [0.2, 0.25) is 0 Å². The van der Waals surface area contributed by atoms with Crippen LogP contribution in [-0.2, 0) is 6.54 Å². The molecule has 0 aliphatic carbocycles. The lowest BCUT2D eigenvalue weighted by Gasteiger charge is -2.22. The zero-order valence-electron chi connectivity index (χ0n) is 13.4. The van der Waals surface area contributed by atoms with E-state index in [1.54, 1.807) is 29.2 Å². The normalized spacial score (nSPS) is 16.0. The summed E-state index contributed by atoms with van der Waals surface area (Å²) in [6.45, 7) is 3.49. The van der Waals surface area contributed by atoms with Crippen molar-refractivity contribution in [1.29, 1.82) is 0 Å². The maximum absolute atomic E-state index is 13.8. The largest absolute Gasteiger partial charge is 0.337 e. The Hall–Kier alpha value is -2.27. The summed E-state index contributed by atoms with van der Waals surface area (Å²) >= 11 is 0. The van der Waals surface area contributed by atoms with Gasteiger partial charge in [0.2, 0.25) is 0 Å². The van der Waals surface area contributed by atoms with Gasteiger partial charge < -0.3 is 4.90 Å². The SMILES string of the molecule is O=C(c1ccccc1F)N1CCCN(Cc2ccc(F)cc2)CC1. The summed E-state index contributed by atoms with van der Waals surface area (Å²) in [7, 11) is 0. The Morgan fingerprint density at radius 3 is 2.42 bits per heavy atom. The number of carbonyl (C=O) groups excluding carboxylic acids is 1. The Kier molecular flexibility index (Phi) is 5.20. The number of carbonyl (C=O) groups is 1. The van der Waals surface area contributed by atoms with Crippen LogP contribution < -0.4 is 0 Å². The molecule has 3 nitrogen and oxygen atoms in total. The van der Waals surface area contributed by atoms with Gasteiger partial charge in [-0.2, -0.15) is 0 Å². The van der Waals surface area contributed by atoms with Crippen molar-refractivity contribution >= 4 is 5.91 Å². The quantitative estimate of drug-likeness (QED) is 0.862.